The van der Waals surface area contributed by atoms with E-state index in [1.54, 1.807) is 12.3 Å². The van der Waals surface area contributed by atoms with Gasteiger partial charge in [-0.05, 0) is 11.6 Å². The molecule has 1 heterocycles. The Morgan fingerprint density at radius 3 is 2.65 bits per heavy atom. The summed E-state index contributed by atoms with van der Waals surface area (Å²) >= 11 is 0. The smallest absolute Gasteiger partial charge is 0.264 e. The Labute approximate surface area is 98.3 Å². The van der Waals surface area contributed by atoms with Crippen molar-refractivity contribution in [2.45, 2.75) is 6.54 Å². The Bertz CT molecular complexity index is 514. The van der Waals surface area contributed by atoms with E-state index in [9.17, 15) is 10.1 Å². The van der Waals surface area contributed by atoms with Gasteiger partial charge in [0.2, 0.25) is 0 Å². The van der Waals surface area contributed by atoms with Gasteiger partial charge in [0.1, 0.15) is 6.54 Å². The largest absolute Gasteiger partial charge is 0.357 e. The number of H-pyrrole nitrogens is 1. The number of anilines is 1. The molecule has 0 fully saturated rings. The van der Waals surface area contributed by atoms with Crippen LogP contribution in [-0.2, 0) is 6.54 Å². The first-order valence-corrected chi connectivity index (χ1v) is 5.20. The second kappa shape index (κ2) is 5.07. The molecule has 0 bridgehead atoms. The molecule has 86 valence electrons. The highest BCUT2D eigenvalue weighted by molar-refractivity contribution is 5.51. The predicted molar refractivity (Wildman–Crippen MR) is 63.4 cm³/mol. The zero-order valence-electron chi connectivity index (χ0n) is 9.09. The molecule has 2 rings (SSSR count). The number of pyridine rings is 1. The normalized spacial score (nSPS) is 9.88. The molecule has 0 unspecified atom stereocenters. The average molecular weight is 230 g/mol. The van der Waals surface area contributed by atoms with Crippen molar-refractivity contribution in [3.8, 4) is 0 Å². The molecule has 2 N–H and O–H groups in total. The molecule has 0 aliphatic rings. The first-order chi connectivity index (χ1) is 8.27. The highest BCUT2D eigenvalue weighted by Crippen LogP contribution is 2.18. The molecular formula is C12H12N3O2+. The fourth-order valence-electron chi connectivity index (χ4n) is 1.51. The number of rotatable bonds is 4. The minimum absolute atomic E-state index is 0.0448. The minimum atomic E-state index is -0.413. The Morgan fingerprint density at radius 1 is 1.18 bits per heavy atom. The lowest BCUT2D eigenvalue weighted by Crippen LogP contribution is -2.14. The fourth-order valence-corrected chi connectivity index (χ4v) is 1.51. The van der Waals surface area contributed by atoms with Gasteiger partial charge in [0.15, 0.2) is 0 Å². The fraction of sp³-hybridized carbons (Fsp3) is 0.0833. The molecule has 0 saturated carbocycles. The van der Waals surface area contributed by atoms with Crippen LogP contribution in [0.15, 0.2) is 48.7 Å². The molecule has 5 nitrogen and oxygen atoms in total. The molecule has 17 heavy (non-hydrogen) atoms. The third-order valence-corrected chi connectivity index (χ3v) is 2.34. The highest BCUT2D eigenvalue weighted by atomic mass is 16.6. The maximum absolute atomic E-state index is 10.8. The van der Waals surface area contributed by atoms with Crippen LogP contribution in [0.5, 0.6) is 0 Å². The number of aromatic nitrogens is 1. The summed E-state index contributed by atoms with van der Waals surface area (Å²) in [6, 6.07) is 12.8. The summed E-state index contributed by atoms with van der Waals surface area (Å²) in [5, 5.41) is 13.8. The van der Waals surface area contributed by atoms with Crippen molar-refractivity contribution in [2.75, 3.05) is 5.32 Å². The van der Waals surface area contributed by atoms with E-state index in [4.69, 9.17) is 0 Å². The minimum Gasteiger partial charge on any atom is -0.264 e. The monoisotopic (exact) mass is 230 g/mol. The molecule has 0 saturated heterocycles. The van der Waals surface area contributed by atoms with E-state index in [-0.39, 0.29) is 5.69 Å². The number of hydrogen-bond donors (Lipinski definition) is 1. The number of nitrogens with one attached hydrogen (secondary N) is 2. The zero-order chi connectivity index (χ0) is 12.1. The summed E-state index contributed by atoms with van der Waals surface area (Å²) in [5.41, 5.74) is 1.11. The van der Waals surface area contributed by atoms with Gasteiger partial charge in [-0.15, -0.1) is 0 Å². The lowest BCUT2D eigenvalue weighted by Gasteiger charge is -1.99. The van der Waals surface area contributed by atoms with E-state index >= 15 is 0 Å². The maximum atomic E-state index is 10.8. The van der Waals surface area contributed by atoms with Crippen molar-refractivity contribution >= 4 is 11.5 Å². The SMILES string of the molecule is O=[N+]([O-])c1ccc[nH+]c1NCc1ccccc1. The van der Waals surface area contributed by atoms with E-state index < -0.39 is 4.92 Å². The van der Waals surface area contributed by atoms with Gasteiger partial charge in [-0.25, -0.2) is 4.98 Å². The summed E-state index contributed by atoms with van der Waals surface area (Å²) in [5.74, 6) is 0.418. The Kier molecular flexibility index (Phi) is 3.30. The lowest BCUT2D eigenvalue weighted by molar-refractivity contribution is -0.409. The van der Waals surface area contributed by atoms with E-state index in [0.717, 1.165) is 5.56 Å². The van der Waals surface area contributed by atoms with Crippen molar-refractivity contribution < 1.29 is 9.91 Å². The number of nitrogens with zero attached hydrogens (tertiary/aromatic N) is 1. The zero-order valence-corrected chi connectivity index (χ0v) is 9.09. The molecule has 1 aromatic carbocycles. The average Bonchev–Trinajstić information content (AvgIpc) is 2.38. The Morgan fingerprint density at radius 2 is 1.94 bits per heavy atom. The van der Waals surface area contributed by atoms with E-state index in [0.29, 0.717) is 12.4 Å². The van der Waals surface area contributed by atoms with Gasteiger partial charge in [-0.1, -0.05) is 30.3 Å². The Hall–Kier alpha value is -2.43. The summed E-state index contributed by atoms with van der Waals surface area (Å²) in [4.78, 5) is 13.2. The number of nitro groups is 1. The summed E-state index contributed by atoms with van der Waals surface area (Å²) in [6.07, 6.45) is 1.65. The van der Waals surface area contributed by atoms with Crippen LogP contribution in [0.1, 0.15) is 5.56 Å². The topological polar surface area (TPSA) is 69.3 Å². The number of aromatic amines is 1. The van der Waals surface area contributed by atoms with Crippen LogP contribution < -0.4 is 10.3 Å². The quantitative estimate of drug-likeness (QED) is 0.645. The predicted octanol–water partition coefficient (Wildman–Crippen LogP) is 2.02. The molecular weight excluding hydrogens is 218 g/mol. The number of benzene rings is 1. The van der Waals surface area contributed by atoms with Gasteiger partial charge < -0.3 is 0 Å². The Balaban J connectivity index is 2.12. The van der Waals surface area contributed by atoms with Gasteiger partial charge in [0.05, 0.1) is 11.1 Å². The van der Waals surface area contributed by atoms with Crippen LogP contribution in [0.25, 0.3) is 0 Å². The highest BCUT2D eigenvalue weighted by Gasteiger charge is 2.18. The van der Waals surface area contributed by atoms with Crippen LogP contribution in [0.3, 0.4) is 0 Å². The van der Waals surface area contributed by atoms with Crippen molar-refractivity contribution in [3.05, 3.63) is 64.3 Å². The van der Waals surface area contributed by atoms with Crippen LogP contribution >= 0.6 is 0 Å². The molecule has 5 heteroatoms. The third-order valence-electron chi connectivity index (χ3n) is 2.34. The van der Waals surface area contributed by atoms with Crippen LogP contribution in [0, 0.1) is 10.1 Å². The summed E-state index contributed by atoms with van der Waals surface area (Å²) < 4.78 is 0. The second-order valence-electron chi connectivity index (χ2n) is 3.53. The molecule has 0 amide bonds. The maximum Gasteiger partial charge on any atom is 0.357 e. The van der Waals surface area contributed by atoms with Crippen molar-refractivity contribution in [1.29, 1.82) is 0 Å². The molecule has 0 spiro atoms. The number of hydrogen-bond acceptors (Lipinski definition) is 3. The molecule has 1 aromatic heterocycles. The van der Waals surface area contributed by atoms with Crippen molar-refractivity contribution in [2.24, 2.45) is 0 Å². The van der Waals surface area contributed by atoms with E-state index in [1.165, 1.54) is 6.07 Å². The van der Waals surface area contributed by atoms with Gasteiger partial charge in [-0.3, -0.25) is 15.4 Å². The van der Waals surface area contributed by atoms with Gasteiger partial charge in [0, 0.05) is 6.07 Å². The van der Waals surface area contributed by atoms with Crippen LogP contribution in [0.4, 0.5) is 11.5 Å². The second-order valence-corrected chi connectivity index (χ2v) is 3.53. The summed E-state index contributed by atoms with van der Waals surface area (Å²) in [6.45, 7) is 0.544. The van der Waals surface area contributed by atoms with E-state index in [2.05, 4.69) is 10.3 Å². The van der Waals surface area contributed by atoms with Crippen molar-refractivity contribution in [3.63, 3.8) is 0 Å². The molecule has 0 aliphatic heterocycles. The standard InChI is InChI=1S/C12H11N3O2/c16-15(17)11-7-4-8-13-12(11)14-9-10-5-2-1-3-6-10/h1-8H,9H2,(H,13,14)/p+1. The van der Waals surface area contributed by atoms with Crippen LogP contribution in [-0.4, -0.2) is 4.92 Å². The van der Waals surface area contributed by atoms with Crippen LogP contribution in [0.2, 0.25) is 0 Å². The molecule has 0 aliphatic carbocycles. The first kappa shape index (κ1) is 11.1. The van der Waals surface area contributed by atoms with Crippen molar-refractivity contribution in [1.82, 2.24) is 0 Å². The molecule has 0 atom stereocenters. The lowest BCUT2D eigenvalue weighted by atomic mass is 10.2. The van der Waals surface area contributed by atoms with Gasteiger partial charge >= 0.3 is 11.5 Å². The van der Waals surface area contributed by atoms with Gasteiger partial charge in [0.25, 0.3) is 0 Å². The first-order valence-electron chi connectivity index (χ1n) is 5.20. The third kappa shape index (κ3) is 2.78. The molecule has 0 radical (unpaired) electrons. The summed E-state index contributed by atoms with van der Waals surface area (Å²) in [7, 11) is 0. The van der Waals surface area contributed by atoms with Gasteiger partial charge in [-0.2, -0.15) is 0 Å². The molecule has 2 aromatic rings. The van der Waals surface area contributed by atoms with E-state index in [1.807, 2.05) is 30.3 Å².